The lowest BCUT2D eigenvalue weighted by Crippen LogP contribution is -2.48. The van der Waals surface area contributed by atoms with Crippen LogP contribution in [0.25, 0.3) is 11.3 Å². The zero-order valence-electron chi connectivity index (χ0n) is 21.6. The van der Waals surface area contributed by atoms with E-state index in [0.29, 0.717) is 37.2 Å². The molecule has 2 aliphatic heterocycles. The van der Waals surface area contributed by atoms with Gasteiger partial charge >= 0.3 is 0 Å². The Morgan fingerprint density at radius 3 is 2.47 bits per heavy atom. The van der Waals surface area contributed by atoms with Crippen LogP contribution in [0.1, 0.15) is 29.3 Å². The number of aromatic nitrogens is 2. The molecule has 1 atom stereocenters. The molecule has 2 aliphatic rings. The molecule has 0 N–H and O–H groups in total. The predicted octanol–water partition coefficient (Wildman–Crippen LogP) is 3.96. The molecule has 3 aromatic rings. The van der Waals surface area contributed by atoms with Crippen LogP contribution in [0.3, 0.4) is 0 Å². The van der Waals surface area contributed by atoms with Gasteiger partial charge in [0.25, 0.3) is 0 Å². The molecule has 0 spiro atoms. The first kappa shape index (κ1) is 25.9. The van der Waals surface area contributed by atoms with E-state index >= 15 is 4.39 Å². The monoisotopic (exact) mass is 518 g/mol. The first-order valence-electron chi connectivity index (χ1n) is 13.1. The molecule has 1 aromatic heterocycles. The van der Waals surface area contributed by atoms with Gasteiger partial charge < -0.3 is 9.80 Å². The van der Waals surface area contributed by atoms with Crippen LogP contribution in [-0.2, 0) is 31.0 Å². The quantitative estimate of drug-likeness (QED) is 0.474. The van der Waals surface area contributed by atoms with E-state index in [-0.39, 0.29) is 12.5 Å². The van der Waals surface area contributed by atoms with Gasteiger partial charge in [0, 0.05) is 76.0 Å². The summed E-state index contributed by atoms with van der Waals surface area (Å²) in [6, 6.07) is 17.0. The molecule has 38 heavy (non-hydrogen) atoms. The van der Waals surface area contributed by atoms with Crippen LogP contribution in [0.5, 0.6) is 0 Å². The summed E-state index contributed by atoms with van der Waals surface area (Å²) in [6.07, 6.45) is -0.488. The Hall–Kier alpha value is -3.77. The summed E-state index contributed by atoms with van der Waals surface area (Å²) < 4.78 is 30.2. The minimum absolute atomic E-state index is 0.00188. The molecule has 1 saturated heterocycles. The Balaban J connectivity index is 1.28. The third-order valence-corrected chi connectivity index (χ3v) is 7.53. The van der Waals surface area contributed by atoms with Gasteiger partial charge in [0.2, 0.25) is 5.91 Å². The van der Waals surface area contributed by atoms with E-state index in [2.05, 4.69) is 15.9 Å². The number of benzene rings is 2. The van der Waals surface area contributed by atoms with E-state index in [0.717, 1.165) is 54.4 Å². The van der Waals surface area contributed by atoms with E-state index in [9.17, 15) is 14.4 Å². The van der Waals surface area contributed by atoms with Crippen molar-refractivity contribution in [1.82, 2.24) is 19.6 Å². The summed E-state index contributed by atoms with van der Waals surface area (Å²) in [4.78, 5) is 18.2. The maximum Gasteiger partial charge on any atom is 0.219 e. The fraction of sp³-hybridized carbons (Fsp3) is 0.414. The SMILES string of the molecule is CC(=O)N1CCc2c(c(-c3ccc(CF)cc3)nn2CC(F)CN2CCN(c3ccccc3C#N)CC2)C1. The molecule has 198 valence electrons. The van der Waals surface area contributed by atoms with Crippen molar-refractivity contribution in [3.63, 3.8) is 0 Å². The van der Waals surface area contributed by atoms with Crippen LogP contribution in [0.4, 0.5) is 14.5 Å². The number of alkyl halides is 2. The van der Waals surface area contributed by atoms with Gasteiger partial charge in [-0.2, -0.15) is 10.4 Å². The highest BCUT2D eigenvalue weighted by atomic mass is 19.1. The lowest BCUT2D eigenvalue weighted by Gasteiger charge is -2.37. The van der Waals surface area contributed by atoms with E-state index < -0.39 is 12.8 Å². The fourth-order valence-corrected chi connectivity index (χ4v) is 5.44. The first-order valence-corrected chi connectivity index (χ1v) is 13.1. The average molecular weight is 519 g/mol. The average Bonchev–Trinajstić information content (AvgIpc) is 3.30. The Morgan fingerprint density at radius 2 is 1.79 bits per heavy atom. The number of hydrogen-bond donors (Lipinski definition) is 0. The van der Waals surface area contributed by atoms with Crippen LogP contribution in [0, 0.1) is 11.3 Å². The Labute approximate surface area is 221 Å². The fourth-order valence-electron chi connectivity index (χ4n) is 5.44. The standard InChI is InChI=1S/C29H32F2N6O/c1-21(38)36-11-10-28-26(20-36)29(23-8-6-22(16-30)7-9-23)33-37(28)19-25(31)18-34-12-14-35(15-13-34)27-5-3-2-4-24(27)17-32/h2-9,25H,10-16,18-20H2,1H3. The van der Waals surface area contributed by atoms with Gasteiger partial charge in [-0.1, -0.05) is 36.4 Å². The van der Waals surface area contributed by atoms with Gasteiger partial charge in [0.15, 0.2) is 0 Å². The number of hydrogen-bond acceptors (Lipinski definition) is 5. The molecular weight excluding hydrogens is 486 g/mol. The highest BCUT2D eigenvalue weighted by molar-refractivity contribution is 5.74. The van der Waals surface area contributed by atoms with E-state index in [1.54, 1.807) is 28.6 Å². The second-order valence-electron chi connectivity index (χ2n) is 9.99. The summed E-state index contributed by atoms with van der Waals surface area (Å²) >= 11 is 0. The van der Waals surface area contributed by atoms with Crippen molar-refractivity contribution in [2.45, 2.75) is 39.3 Å². The second-order valence-corrected chi connectivity index (χ2v) is 9.99. The maximum atomic E-state index is 15.4. The largest absolute Gasteiger partial charge is 0.368 e. The number of para-hydroxylation sites is 1. The smallest absolute Gasteiger partial charge is 0.219 e. The van der Waals surface area contributed by atoms with Crippen molar-refractivity contribution >= 4 is 11.6 Å². The Morgan fingerprint density at radius 1 is 1.05 bits per heavy atom. The molecule has 0 radical (unpaired) electrons. The number of halogens is 2. The van der Waals surface area contributed by atoms with Crippen molar-refractivity contribution < 1.29 is 13.6 Å². The molecular formula is C29H32F2N6O. The van der Waals surface area contributed by atoms with E-state index in [4.69, 9.17) is 5.10 Å². The highest BCUT2D eigenvalue weighted by Crippen LogP contribution is 2.31. The number of nitriles is 1. The van der Waals surface area contributed by atoms with Crippen molar-refractivity contribution in [3.05, 3.63) is 70.9 Å². The molecule has 1 amide bonds. The van der Waals surface area contributed by atoms with Crippen molar-refractivity contribution in [1.29, 1.82) is 5.26 Å². The number of anilines is 1. The van der Waals surface area contributed by atoms with Crippen LogP contribution in [-0.4, -0.2) is 70.9 Å². The minimum atomic E-state index is -1.11. The summed E-state index contributed by atoms with van der Waals surface area (Å²) in [5.74, 6) is 0.00188. The van der Waals surface area contributed by atoms with Crippen LogP contribution >= 0.6 is 0 Å². The zero-order valence-corrected chi connectivity index (χ0v) is 21.6. The summed E-state index contributed by atoms with van der Waals surface area (Å²) in [6.45, 7) is 5.41. The molecule has 9 heteroatoms. The number of carbonyl (C=O) groups excluding carboxylic acids is 1. The molecule has 1 unspecified atom stereocenters. The lowest BCUT2D eigenvalue weighted by atomic mass is 10.00. The first-order chi connectivity index (χ1) is 18.5. The van der Waals surface area contributed by atoms with Gasteiger partial charge in [-0.05, 0) is 17.7 Å². The molecule has 5 rings (SSSR count). The van der Waals surface area contributed by atoms with Crippen LogP contribution < -0.4 is 4.90 Å². The number of nitrogens with zero attached hydrogens (tertiary/aromatic N) is 6. The molecule has 3 heterocycles. The third-order valence-electron chi connectivity index (χ3n) is 7.53. The van der Waals surface area contributed by atoms with Gasteiger partial charge in [0.05, 0.1) is 23.5 Å². The van der Waals surface area contributed by atoms with Crippen molar-refractivity contribution in [2.75, 3.05) is 44.2 Å². The molecule has 2 aromatic carbocycles. The number of piperazine rings is 1. The normalized spacial score (nSPS) is 16.7. The van der Waals surface area contributed by atoms with Gasteiger partial charge in [-0.3, -0.25) is 14.4 Å². The van der Waals surface area contributed by atoms with Gasteiger partial charge in [0.1, 0.15) is 18.9 Å². The molecule has 1 fully saturated rings. The number of carbonyl (C=O) groups is 1. The summed E-state index contributed by atoms with van der Waals surface area (Å²) in [5, 5.41) is 14.2. The predicted molar refractivity (Wildman–Crippen MR) is 142 cm³/mol. The Kier molecular flexibility index (Phi) is 7.70. The Bertz CT molecular complexity index is 1320. The summed E-state index contributed by atoms with van der Waals surface area (Å²) in [7, 11) is 0. The topological polar surface area (TPSA) is 68.4 Å². The van der Waals surface area contributed by atoms with E-state index in [1.807, 2.05) is 36.4 Å². The maximum absolute atomic E-state index is 15.4. The molecule has 0 aliphatic carbocycles. The third kappa shape index (κ3) is 5.41. The van der Waals surface area contributed by atoms with Gasteiger partial charge in [-0.25, -0.2) is 8.78 Å². The number of rotatable bonds is 7. The van der Waals surface area contributed by atoms with Crippen molar-refractivity contribution in [3.8, 4) is 17.3 Å². The highest BCUT2D eigenvalue weighted by Gasteiger charge is 2.29. The summed E-state index contributed by atoms with van der Waals surface area (Å²) in [5.41, 5.74) is 5.66. The number of amides is 1. The molecule has 0 bridgehead atoms. The minimum Gasteiger partial charge on any atom is -0.368 e. The molecule has 0 saturated carbocycles. The second kappa shape index (κ2) is 11.3. The molecule has 7 nitrogen and oxygen atoms in total. The van der Waals surface area contributed by atoms with Gasteiger partial charge in [-0.15, -0.1) is 0 Å². The van der Waals surface area contributed by atoms with Crippen LogP contribution in [0.15, 0.2) is 48.5 Å². The van der Waals surface area contributed by atoms with Crippen molar-refractivity contribution in [2.24, 2.45) is 0 Å². The van der Waals surface area contributed by atoms with Crippen LogP contribution in [0.2, 0.25) is 0 Å². The van der Waals surface area contributed by atoms with E-state index in [1.165, 1.54) is 0 Å². The lowest BCUT2D eigenvalue weighted by molar-refractivity contribution is -0.129. The zero-order chi connectivity index (χ0) is 26.6. The number of fused-ring (bicyclic) bond motifs is 1.